The SMILES string of the molecule is COc1cc(C=NO)cc(OC)c1. The predicted molar refractivity (Wildman–Crippen MR) is 48.9 cm³/mol. The monoisotopic (exact) mass is 181 g/mol. The highest BCUT2D eigenvalue weighted by molar-refractivity contribution is 5.80. The Kier molecular flexibility index (Phi) is 3.14. The van der Waals surface area contributed by atoms with Crippen LogP contribution in [-0.2, 0) is 0 Å². The van der Waals surface area contributed by atoms with Crippen molar-refractivity contribution in [3.8, 4) is 11.5 Å². The Labute approximate surface area is 76.4 Å². The summed E-state index contributed by atoms with van der Waals surface area (Å²) in [6, 6.07) is 5.22. The van der Waals surface area contributed by atoms with Crippen molar-refractivity contribution >= 4 is 6.21 Å². The summed E-state index contributed by atoms with van der Waals surface area (Å²) in [6.45, 7) is 0. The summed E-state index contributed by atoms with van der Waals surface area (Å²) >= 11 is 0. The van der Waals surface area contributed by atoms with Crippen LogP contribution in [0.3, 0.4) is 0 Å². The first-order valence-corrected chi connectivity index (χ1v) is 3.70. The first-order valence-electron chi connectivity index (χ1n) is 3.70. The molecule has 0 fully saturated rings. The van der Waals surface area contributed by atoms with Crippen LogP contribution in [0, 0.1) is 0 Å². The Morgan fingerprint density at radius 2 is 1.69 bits per heavy atom. The zero-order valence-electron chi connectivity index (χ0n) is 7.52. The number of hydrogen-bond donors (Lipinski definition) is 1. The lowest BCUT2D eigenvalue weighted by molar-refractivity contribution is 0.322. The zero-order chi connectivity index (χ0) is 9.68. The van der Waals surface area contributed by atoms with Gasteiger partial charge in [-0.3, -0.25) is 0 Å². The Balaban J connectivity index is 3.07. The van der Waals surface area contributed by atoms with Crippen LogP contribution in [0.1, 0.15) is 5.56 Å². The average Bonchev–Trinajstić information content (AvgIpc) is 2.17. The molecule has 0 saturated heterocycles. The van der Waals surface area contributed by atoms with E-state index in [2.05, 4.69) is 5.16 Å². The molecule has 0 aliphatic rings. The second kappa shape index (κ2) is 4.35. The summed E-state index contributed by atoms with van der Waals surface area (Å²) in [4.78, 5) is 0. The number of nitrogens with zero attached hydrogens (tertiary/aromatic N) is 1. The minimum Gasteiger partial charge on any atom is -0.497 e. The van der Waals surface area contributed by atoms with Crippen molar-refractivity contribution in [3.63, 3.8) is 0 Å². The molecular formula is C9H11NO3. The van der Waals surface area contributed by atoms with E-state index in [1.165, 1.54) is 6.21 Å². The van der Waals surface area contributed by atoms with Gasteiger partial charge in [0, 0.05) is 11.6 Å². The third kappa shape index (κ3) is 2.37. The van der Waals surface area contributed by atoms with Crippen molar-refractivity contribution in [1.82, 2.24) is 0 Å². The lowest BCUT2D eigenvalue weighted by Gasteiger charge is -2.04. The molecule has 0 aromatic heterocycles. The second-order valence-electron chi connectivity index (χ2n) is 2.39. The van der Waals surface area contributed by atoms with E-state index < -0.39 is 0 Å². The van der Waals surface area contributed by atoms with Gasteiger partial charge in [0.2, 0.25) is 0 Å². The summed E-state index contributed by atoms with van der Waals surface area (Å²) in [5.41, 5.74) is 0.721. The van der Waals surface area contributed by atoms with E-state index in [0.29, 0.717) is 11.5 Å². The van der Waals surface area contributed by atoms with Gasteiger partial charge in [-0.2, -0.15) is 0 Å². The summed E-state index contributed by atoms with van der Waals surface area (Å²) < 4.78 is 10.0. The first kappa shape index (κ1) is 9.38. The molecule has 1 aromatic rings. The standard InChI is InChI=1S/C9H11NO3/c1-12-8-3-7(6-10-11)4-9(5-8)13-2/h3-6,11H,1-2H3. The summed E-state index contributed by atoms with van der Waals surface area (Å²) in [5.74, 6) is 1.32. The van der Waals surface area contributed by atoms with Crippen molar-refractivity contribution in [2.45, 2.75) is 0 Å². The number of rotatable bonds is 3. The maximum absolute atomic E-state index is 8.33. The van der Waals surface area contributed by atoms with Gasteiger partial charge in [-0.25, -0.2) is 0 Å². The average molecular weight is 181 g/mol. The molecule has 4 nitrogen and oxygen atoms in total. The molecule has 0 heterocycles. The van der Waals surface area contributed by atoms with Gasteiger partial charge in [-0.15, -0.1) is 0 Å². The fourth-order valence-corrected chi connectivity index (χ4v) is 0.971. The van der Waals surface area contributed by atoms with Crippen LogP contribution in [0.15, 0.2) is 23.4 Å². The van der Waals surface area contributed by atoms with Gasteiger partial charge in [0.15, 0.2) is 0 Å². The molecule has 0 amide bonds. The van der Waals surface area contributed by atoms with Gasteiger partial charge in [0.25, 0.3) is 0 Å². The van der Waals surface area contributed by atoms with E-state index in [4.69, 9.17) is 14.7 Å². The third-order valence-electron chi connectivity index (χ3n) is 1.58. The molecule has 0 radical (unpaired) electrons. The fraction of sp³-hybridized carbons (Fsp3) is 0.222. The molecule has 0 spiro atoms. The van der Waals surface area contributed by atoms with Crippen LogP contribution in [0.4, 0.5) is 0 Å². The number of methoxy groups -OCH3 is 2. The van der Waals surface area contributed by atoms with E-state index in [-0.39, 0.29) is 0 Å². The van der Waals surface area contributed by atoms with E-state index in [1.54, 1.807) is 32.4 Å². The normalized spacial score (nSPS) is 10.3. The Bertz CT molecular complexity index is 287. The molecule has 0 atom stereocenters. The molecule has 1 aromatic carbocycles. The van der Waals surface area contributed by atoms with Crippen molar-refractivity contribution in [2.24, 2.45) is 5.16 Å². The van der Waals surface area contributed by atoms with Gasteiger partial charge < -0.3 is 14.7 Å². The number of ether oxygens (including phenoxy) is 2. The molecule has 1 N–H and O–H groups in total. The number of benzene rings is 1. The second-order valence-corrected chi connectivity index (χ2v) is 2.39. The molecular weight excluding hydrogens is 170 g/mol. The van der Waals surface area contributed by atoms with Crippen LogP contribution in [0.2, 0.25) is 0 Å². The summed E-state index contributed by atoms with van der Waals surface area (Å²) in [5, 5.41) is 11.3. The topological polar surface area (TPSA) is 51.0 Å². The Morgan fingerprint density at radius 3 is 2.08 bits per heavy atom. The predicted octanol–water partition coefficient (Wildman–Crippen LogP) is 1.51. The number of hydrogen-bond acceptors (Lipinski definition) is 4. The molecule has 0 bridgehead atoms. The van der Waals surface area contributed by atoms with Gasteiger partial charge >= 0.3 is 0 Å². The van der Waals surface area contributed by atoms with Crippen LogP contribution in [0.5, 0.6) is 11.5 Å². The summed E-state index contributed by atoms with van der Waals surface area (Å²) in [6.07, 6.45) is 1.31. The molecule has 13 heavy (non-hydrogen) atoms. The van der Waals surface area contributed by atoms with E-state index >= 15 is 0 Å². The molecule has 0 saturated carbocycles. The lowest BCUT2D eigenvalue weighted by Crippen LogP contribution is -1.90. The highest BCUT2D eigenvalue weighted by Gasteiger charge is 1.99. The molecule has 4 heteroatoms. The van der Waals surface area contributed by atoms with E-state index in [9.17, 15) is 0 Å². The Hall–Kier alpha value is -1.71. The fourth-order valence-electron chi connectivity index (χ4n) is 0.971. The van der Waals surface area contributed by atoms with Crippen molar-refractivity contribution in [2.75, 3.05) is 14.2 Å². The molecule has 0 aliphatic heterocycles. The quantitative estimate of drug-likeness (QED) is 0.437. The molecule has 70 valence electrons. The van der Waals surface area contributed by atoms with Gasteiger partial charge in [-0.1, -0.05) is 5.16 Å². The highest BCUT2D eigenvalue weighted by Crippen LogP contribution is 2.21. The van der Waals surface area contributed by atoms with Gasteiger partial charge in [0.05, 0.1) is 20.4 Å². The van der Waals surface area contributed by atoms with Crippen molar-refractivity contribution < 1.29 is 14.7 Å². The largest absolute Gasteiger partial charge is 0.497 e. The third-order valence-corrected chi connectivity index (χ3v) is 1.58. The Morgan fingerprint density at radius 1 is 1.15 bits per heavy atom. The number of oxime groups is 1. The minimum absolute atomic E-state index is 0.661. The van der Waals surface area contributed by atoms with Gasteiger partial charge in [-0.05, 0) is 12.1 Å². The van der Waals surface area contributed by atoms with Crippen LogP contribution in [-0.4, -0.2) is 25.6 Å². The van der Waals surface area contributed by atoms with Gasteiger partial charge in [0.1, 0.15) is 11.5 Å². The highest BCUT2D eigenvalue weighted by atomic mass is 16.5. The summed E-state index contributed by atoms with van der Waals surface area (Å²) in [7, 11) is 3.13. The van der Waals surface area contributed by atoms with Crippen LogP contribution < -0.4 is 9.47 Å². The van der Waals surface area contributed by atoms with Crippen molar-refractivity contribution in [1.29, 1.82) is 0 Å². The molecule has 0 unspecified atom stereocenters. The van der Waals surface area contributed by atoms with Crippen LogP contribution in [0.25, 0.3) is 0 Å². The van der Waals surface area contributed by atoms with Crippen LogP contribution >= 0.6 is 0 Å². The minimum atomic E-state index is 0.661. The maximum atomic E-state index is 8.33. The molecule has 0 aliphatic carbocycles. The van der Waals surface area contributed by atoms with E-state index in [0.717, 1.165) is 5.56 Å². The first-order chi connectivity index (χ1) is 6.30. The molecule has 1 rings (SSSR count). The maximum Gasteiger partial charge on any atom is 0.123 e. The van der Waals surface area contributed by atoms with Crippen molar-refractivity contribution in [3.05, 3.63) is 23.8 Å². The smallest absolute Gasteiger partial charge is 0.123 e. The zero-order valence-corrected chi connectivity index (χ0v) is 7.52. The van der Waals surface area contributed by atoms with E-state index in [1.807, 2.05) is 0 Å². The lowest BCUT2D eigenvalue weighted by atomic mass is 10.2.